The van der Waals surface area contributed by atoms with Crippen molar-refractivity contribution < 1.29 is 47.8 Å². The molecule has 5 rings (SSSR count). The molecule has 0 saturated carbocycles. The molecule has 0 saturated heterocycles. The van der Waals surface area contributed by atoms with E-state index in [1.165, 1.54) is 104 Å². The molecule has 0 aliphatic carbocycles. The Balaban J connectivity index is 0.00000325. The van der Waals surface area contributed by atoms with Crippen LogP contribution in [0, 0.1) is 0 Å². The fraction of sp³-hybridized carbons (Fsp3) is 0.381. The van der Waals surface area contributed by atoms with Gasteiger partial charge in [0.05, 0.1) is 12.2 Å². The van der Waals surface area contributed by atoms with Gasteiger partial charge in [0.2, 0.25) is 0 Å². The number of benzene rings is 1. The predicted molar refractivity (Wildman–Crippen MR) is 191 cm³/mol. The van der Waals surface area contributed by atoms with Crippen molar-refractivity contribution in [3.8, 4) is 28.0 Å². The molecule has 0 aliphatic heterocycles. The van der Waals surface area contributed by atoms with E-state index in [0.717, 1.165) is 31.9 Å². The number of ether oxygens (including phenoxy) is 1. The quantitative estimate of drug-likeness (QED) is 0.0897. The third-order valence-corrected chi connectivity index (χ3v) is 8.91. The summed E-state index contributed by atoms with van der Waals surface area (Å²) in [6.45, 7) is 4.60. The number of rotatable bonds is 20. The van der Waals surface area contributed by atoms with Crippen LogP contribution in [0.3, 0.4) is 0 Å². The van der Waals surface area contributed by atoms with Gasteiger partial charge in [-0.15, -0.1) is 0 Å². The first-order chi connectivity index (χ1) is 23.3. The lowest BCUT2D eigenvalue weighted by Crippen LogP contribution is -3.00. The maximum atomic E-state index is 6.51. The second-order valence-electron chi connectivity index (χ2n) is 12.7. The zero-order valence-electron chi connectivity index (χ0n) is 29.0. The third-order valence-electron chi connectivity index (χ3n) is 8.91. The minimum Gasteiger partial charge on any atom is -1.00 e. The Bertz CT molecular complexity index is 1580. The van der Waals surface area contributed by atoms with Crippen molar-refractivity contribution in [2.24, 2.45) is 0 Å². The lowest BCUT2D eigenvalue weighted by molar-refractivity contribution is -0.688. The van der Waals surface area contributed by atoms with Crippen LogP contribution < -0.4 is 47.8 Å². The van der Waals surface area contributed by atoms with Gasteiger partial charge in [-0.25, -0.2) is 9.13 Å². The standard InChI is InChI=1S/C42H52N4O.2BrH/c1-2-3-4-5-6-7-8-9-10-11-12-13-32-47-42-33-36(34-45-28-20-39(21-29-45)37-16-24-43-25-17-37)14-15-41(42)35-46-30-22-40(23-31-46)38-18-26-44-27-19-38;;/h14-31,33H,2-13,32,34-35H2,1H3;2*1H/q+2;;/p-2. The second kappa shape index (κ2) is 23.1. The zero-order chi connectivity index (χ0) is 32.4. The van der Waals surface area contributed by atoms with Gasteiger partial charge in [-0.2, -0.15) is 0 Å². The highest BCUT2D eigenvalue weighted by Gasteiger charge is 2.14. The van der Waals surface area contributed by atoms with Crippen LogP contribution in [-0.2, 0) is 13.1 Å². The number of unbranched alkanes of at least 4 members (excludes halogenated alkanes) is 11. The molecular formula is C42H52Br2N4O. The molecule has 7 heteroatoms. The van der Waals surface area contributed by atoms with Crippen LogP contribution in [0.25, 0.3) is 22.3 Å². The van der Waals surface area contributed by atoms with Crippen molar-refractivity contribution in [1.29, 1.82) is 0 Å². The monoisotopic (exact) mass is 786 g/mol. The zero-order valence-corrected chi connectivity index (χ0v) is 32.2. The van der Waals surface area contributed by atoms with Crippen molar-refractivity contribution >= 4 is 0 Å². The second-order valence-corrected chi connectivity index (χ2v) is 12.7. The number of aromatic nitrogens is 4. The summed E-state index contributed by atoms with van der Waals surface area (Å²) in [4.78, 5) is 8.29. The van der Waals surface area contributed by atoms with E-state index < -0.39 is 0 Å². The van der Waals surface area contributed by atoms with E-state index in [4.69, 9.17) is 4.74 Å². The lowest BCUT2D eigenvalue weighted by atomic mass is 10.1. The van der Waals surface area contributed by atoms with Crippen LogP contribution in [0.2, 0.25) is 0 Å². The van der Waals surface area contributed by atoms with E-state index in [1.807, 2.05) is 49.1 Å². The van der Waals surface area contributed by atoms with Crippen molar-refractivity contribution in [2.45, 2.75) is 97.1 Å². The van der Waals surface area contributed by atoms with Gasteiger partial charge in [-0.3, -0.25) is 9.97 Å². The Kier molecular flexibility index (Phi) is 18.8. The Labute approximate surface area is 315 Å². The van der Waals surface area contributed by atoms with Crippen molar-refractivity contribution in [3.63, 3.8) is 0 Å². The summed E-state index contributed by atoms with van der Waals surface area (Å²) in [7, 11) is 0. The average Bonchev–Trinajstić information content (AvgIpc) is 3.12. The molecule has 5 aromatic rings. The summed E-state index contributed by atoms with van der Waals surface area (Å²) in [5.41, 5.74) is 7.17. The Hall–Kier alpha value is -3.42. The molecule has 5 nitrogen and oxygen atoms in total. The molecule has 260 valence electrons. The van der Waals surface area contributed by atoms with Gasteiger partial charge in [0.15, 0.2) is 37.9 Å². The SMILES string of the molecule is CCCCCCCCCCCCCCOc1cc(C[n+]2ccc(-c3ccncc3)cc2)ccc1C[n+]1ccc(-c2ccncc2)cc1.[Br-].[Br-]. The van der Waals surface area contributed by atoms with Crippen LogP contribution in [-0.4, -0.2) is 16.6 Å². The minimum atomic E-state index is 0. The van der Waals surface area contributed by atoms with Crippen LogP contribution >= 0.6 is 0 Å². The molecule has 0 bridgehead atoms. The maximum Gasteiger partial charge on any atom is 0.177 e. The first kappa shape index (κ1) is 40.0. The number of hydrogen-bond acceptors (Lipinski definition) is 3. The molecule has 1 aromatic carbocycles. The summed E-state index contributed by atoms with van der Waals surface area (Å²) in [5.74, 6) is 0.991. The minimum absolute atomic E-state index is 0. The van der Waals surface area contributed by atoms with Gasteiger partial charge < -0.3 is 38.7 Å². The van der Waals surface area contributed by atoms with Gasteiger partial charge in [0, 0.05) is 54.6 Å². The summed E-state index contributed by atoms with van der Waals surface area (Å²) in [6.07, 6.45) is 32.1. The predicted octanol–water partition coefficient (Wildman–Crippen LogP) is 3.57. The van der Waals surface area contributed by atoms with Gasteiger partial charge >= 0.3 is 0 Å². The smallest absolute Gasteiger partial charge is 0.177 e. The highest BCUT2D eigenvalue weighted by Crippen LogP contribution is 2.23. The summed E-state index contributed by atoms with van der Waals surface area (Å²) >= 11 is 0. The molecule has 4 heterocycles. The molecule has 0 radical (unpaired) electrons. The normalized spacial score (nSPS) is 10.6. The van der Waals surface area contributed by atoms with Gasteiger partial charge in [0.25, 0.3) is 0 Å². The Morgan fingerprint density at radius 2 is 0.918 bits per heavy atom. The fourth-order valence-corrected chi connectivity index (χ4v) is 6.09. The maximum absolute atomic E-state index is 6.51. The third kappa shape index (κ3) is 13.8. The van der Waals surface area contributed by atoms with Crippen LogP contribution in [0.15, 0.2) is 116 Å². The van der Waals surface area contributed by atoms with Gasteiger partial charge in [-0.1, -0.05) is 83.6 Å². The first-order valence-corrected chi connectivity index (χ1v) is 17.8. The largest absolute Gasteiger partial charge is 1.00 e. The van der Waals surface area contributed by atoms with Crippen molar-refractivity contribution in [1.82, 2.24) is 9.97 Å². The van der Waals surface area contributed by atoms with Gasteiger partial charge in [0.1, 0.15) is 5.75 Å². The summed E-state index contributed by atoms with van der Waals surface area (Å²) < 4.78 is 11.0. The van der Waals surface area contributed by atoms with Crippen molar-refractivity contribution in [3.05, 3.63) is 127 Å². The number of hydrogen-bond donors (Lipinski definition) is 0. The van der Waals surface area contributed by atoms with Gasteiger partial charge in [-0.05, 0) is 65.1 Å². The molecular weight excluding hydrogens is 736 g/mol. The number of pyridine rings is 4. The molecule has 0 spiro atoms. The van der Waals surface area contributed by atoms with Crippen LogP contribution in [0.5, 0.6) is 5.75 Å². The van der Waals surface area contributed by atoms with E-state index in [1.54, 1.807) is 0 Å². The molecule has 0 unspecified atom stereocenters. The molecule has 0 fully saturated rings. The number of nitrogens with zero attached hydrogens (tertiary/aromatic N) is 4. The van der Waals surface area contributed by atoms with Crippen LogP contribution in [0.4, 0.5) is 0 Å². The van der Waals surface area contributed by atoms with E-state index >= 15 is 0 Å². The fourth-order valence-electron chi connectivity index (χ4n) is 6.09. The topological polar surface area (TPSA) is 42.8 Å². The molecule has 4 aromatic heterocycles. The van der Waals surface area contributed by atoms with E-state index in [-0.39, 0.29) is 34.0 Å². The highest BCUT2D eigenvalue weighted by atomic mass is 79.9. The first-order valence-electron chi connectivity index (χ1n) is 17.8. The Morgan fingerprint density at radius 3 is 1.41 bits per heavy atom. The van der Waals surface area contributed by atoms with E-state index in [9.17, 15) is 0 Å². The number of halogens is 2. The molecule has 49 heavy (non-hydrogen) atoms. The Morgan fingerprint density at radius 1 is 0.490 bits per heavy atom. The highest BCUT2D eigenvalue weighted by molar-refractivity contribution is 5.62. The van der Waals surface area contributed by atoms with Crippen molar-refractivity contribution in [2.75, 3.05) is 6.61 Å². The molecule has 0 N–H and O–H groups in total. The van der Waals surface area contributed by atoms with E-state index in [2.05, 4.69) is 93.3 Å². The summed E-state index contributed by atoms with van der Waals surface area (Å²) in [6, 6.07) is 23.6. The van der Waals surface area contributed by atoms with Crippen LogP contribution in [0.1, 0.15) is 95.1 Å². The molecule has 0 amide bonds. The summed E-state index contributed by atoms with van der Waals surface area (Å²) in [5, 5.41) is 0. The average molecular weight is 789 g/mol. The lowest BCUT2D eigenvalue weighted by Gasteiger charge is -2.12. The van der Waals surface area contributed by atoms with E-state index in [0.29, 0.717) is 0 Å². The molecule has 0 atom stereocenters. The molecule has 0 aliphatic rings.